The monoisotopic (exact) mass is 345 g/mol. The van der Waals surface area contributed by atoms with E-state index in [9.17, 15) is 14.6 Å². The molecule has 1 aliphatic rings. The molecule has 1 fully saturated rings. The molecule has 0 saturated carbocycles. The number of likely N-dealkylation sites (tertiary alicyclic amines) is 1. The van der Waals surface area contributed by atoms with Gasteiger partial charge in [-0.2, -0.15) is 0 Å². The van der Waals surface area contributed by atoms with Crippen LogP contribution in [0.4, 0.5) is 4.39 Å². The number of phenols is 1. The fraction of sp³-hybridized carbons (Fsp3) is 0.400. The summed E-state index contributed by atoms with van der Waals surface area (Å²) in [5.41, 5.74) is 0.250. The summed E-state index contributed by atoms with van der Waals surface area (Å²) in [5.74, 6) is 0.714. The maximum Gasteiger partial charge on any atom is 0.123 e. The highest BCUT2D eigenvalue weighted by molar-refractivity contribution is 5.30. The molecule has 0 atom stereocenters. The molecule has 5 heteroatoms. The van der Waals surface area contributed by atoms with Crippen molar-refractivity contribution in [2.45, 2.75) is 24.9 Å². The summed E-state index contributed by atoms with van der Waals surface area (Å²) in [6.45, 7) is 3.00. The van der Waals surface area contributed by atoms with Crippen molar-refractivity contribution in [3.05, 3.63) is 59.9 Å². The number of ether oxygens (including phenoxy) is 1. The molecule has 25 heavy (non-hydrogen) atoms. The van der Waals surface area contributed by atoms with Crippen molar-refractivity contribution in [3.63, 3.8) is 0 Å². The van der Waals surface area contributed by atoms with E-state index in [-0.39, 0.29) is 11.6 Å². The number of nitrogens with zero attached hydrogens (tertiary/aromatic N) is 1. The van der Waals surface area contributed by atoms with Crippen molar-refractivity contribution in [3.8, 4) is 11.5 Å². The first-order valence-electron chi connectivity index (χ1n) is 8.63. The fourth-order valence-corrected chi connectivity index (χ4v) is 3.19. The molecule has 0 unspecified atom stereocenters. The number of hydrogen-bond donors (Lipinski definition) is 2. The molecule has 0 aromatic heterocycles. The van der Waals surface area contributed by atoms with Crippen molar-refractivity contribution in [1.82, 2.24) is 4.90 Å². The molecule has 0 amide bonds. The summed E-state index contributed by atoms with van der Waals surface area (Å²) in [5, 5.41) is 20.0. The highest BCUT2D eigenvalue weighted by Gasteiger charge is 2.32. The number of rotatable bonds is 6. The van der Waals surface area contributed by atoms with Crippen molar-refractivity contribution in [1.29, 1.82) is 0 Å². The van der Waals surface area contributed by atoms with Gasteiger partial charge in [0, 0.05) is 26.1 Å². The normalized spacial score (nSPS) is 17.4. The number of benzene rings is 2. The van der Waals surface area contributed by atoms with Crippen LogP contribution in [0.2, 0.25) is 0 Å². The Morgan fingerprint density at radius 1 is 1.00 bits per heavy atom. The first kappa shape index (κ1) is 17.7. The zero-order chi connectivity index (χ0) is 17.7. The number of hydrogen-bond acceptors (Lipinski definition) is 4. The topological polar surface area (TPSA) is 52.9 Å². The minimum atomic E-state index is -0.716. The lowest BCUT2D eigenvalue weighted by atomic mass is 9.85. The minimum absolute atomic E-state index is 0.226. The Labute approximate surface area is 147 Å². The van der Waals surface area contributed by atoms with Crippen LogP contribution >= 0.6 is 0 Å². The number of aromatic hydroxyl groups is 1. The molecule has 0 bridgehead atoms. The van der Waals surface area contributed by atoms with Gasteiger partial charge in [0.2, 0.25) is 0 Å². The van der Waals surface area contributed by atoms with Crippen LogP contribution in [-0.4, -0.2) is 47.0 Å². The molecule has 0 radical (unpaired) electrons. The van der Waals surface area contributed by atoms with Crippen LogP contribution in [0.5, 0.6) is 11.5 Å². The van der Waals surface area contributed by atoms with Crippen molar-refractivity contribution < 1.29 is 19.3 Å². The third-order valence-electron chi connectivity index (χ3n) is 4.75. The van der Waals surface area contributed by atoms with Gasteiger partial charge in [0.1, 0.15) is 23.9 Å². The molecule has 2 aromatic carbocycles. The molecule has 0 aliphatic carbocycles. The predicted octanol–water partition coefficient (Wildman–Crippen LogP) is 2.98. The van der Waals surface area contributed by atoms with E-state index in [2.05, 4.69) is 4.90 Å². The second-order valence-electron chi connectivity index (χ2n) is 6.71. The van der Waals surface area contributed by atoms with Gasteiger partial charge in [-0.15, -0.1) is 0 Å². The first-order chi connectivity index (χ1) is 12.0. The van der Waals surface area contributed by atoms with E-state index in [0.29, 0.717) is 25.9 Å². The maximum absolute atomic E-state index is 13.0. The quantitative estimate of drug-likeness (QED) is 0.845. The Morgan fingerprint density at radius 2 is 1.64 bits per heavy atom. The third-order valence-corrected chi connectivity index (χ3v) is 4.75. The standard InChI is InChI=1S/C20H24FNO3/c21-17-3-1-16(2-4-17)15-20(24)9-11-22(12-10-20)13-14-25-19-7-5-18(23)6-8-19/h1-8,23-24H,9-15H2. The lowest BCUT2D eigenvalue weighted by Crippen LogP contribution is -2.46. The van der Waals surface area contributed by atoms with E-state index in [1.165, 1.54) is 12.1 Å². The van der Waals surface area contributed by atoms with Gasteiger partial charge >= 0.3 is 0 Å². The molecule has 1 aliphatic heterocycles. The number of phenolic OH excluding ortho intramolecular Hbond substituents is 1. The number of piperidine rings is 1. The largest absolute Gasteiger partial charge is 0.508 e. The first-order valence-corrected chi connectivity index (χ1v) is 8.63. The van der Waals surface area contributed by atoms with E-state index in [1.54, 1.807) is 36.4 Å². The van der Waals surface area contributed by atoms with Gasteiger partial charge < -0.3 is 14.9 Å². The van der Waals surface area contributed by atoms with Crippen LogP contribution in [0.25, 0.3) is 0 Å². The van der Waals surface area contributed by atoms with Crippen molar-refractivity contribution in [2.24, 2.45) is 0 Å². The summed E-state index contributed by atoms with van der Waals surface area (Å²) in [7, 11) is 0. The Balaban J connectivity index is 1.41. The second-order valence-corrected chi connectivity index (χ2v) is 6.71. The average Bonchev–Trinajstić information content (AvgIpc) is 2.61. The fourth-order valence-electron chi connectivity index (χ4n) is 3.19. The molecule has 0 spiro atoms. The van der Waals surface area contributed by atoms with Crippen LogP contribution in [-0.2, 0) is 6.42 Å². The van der Waals surface area contributed by atoms with Crippen LogP contribution in [0, 0.1) is 5.82 Å². The van der Waals surface area contributed by atoms with Crippen LogP contribution < -0.4 is 4.74 Å². The highest BCUT2D eigenvalue weighted by Crippen LogP contribution is 2.26. The Morgan fingerprint density at radius 3 is 2.28 bits per heavy atom. The van der Waals surface area contributed by atoms with E-state index in [0.717, 1.165) is 30.9 Å². The lowest BCUT2D eigenvalue weighted by molar-refractivity contribution is -0.0226. The Bertz CT molecular complexity index is 664. The molecule has 4 nitrogen and oxygen atoms in total. The van der Waals surface area contributed by atoms with Gasteiger partial charge in [0.05, 0.1) is 5.60 Å². The van der Waals surface area contributed by atoms with Crippen LogP contribution in [0.1, 0.15) is 18.4 Å². The summed E-state index contributed by atoms with van der Waals surface area (Å²) >= 11 is 0. The molecule has 1 saturated heterocycles. The van der Waals surface area contributed by atoms with E-state index in [4.69, 9.17) is 4.74 Å². The Kier molecular flexibility index (Phi) is 5.56. The minimum Gasteiger partial charge on any atom is -0.508 e. The predicted molar refractivity (Wildman–Crippen MR) is 94.3 cm³/mol. The van der Waals surface area contributed by atoms with Gasteiger partial charge in [0.25, 0.3) is 0 Å². The van der Waals surface area contributed by atoms with Crippen molar-refractivity contribution >= 4 is 0 Å². The second kappa shape index (κ2) is 7.85. The van der Waals surface area contributed by atoms with Gasteiger partial charge in [0.15, 0.2) is 0 Å². The molecule has 1 heterocycles. The SMILES string of the molecule is Oc1ccc(OCCN2CCC(O)(Cc3ccc(F)cc3)CC2)cc1. The summed E-state index contributed by atoms with van der Waals surface area (Å²) in [6.07, 6.45) is 1.96. The third kappa shape index (κ3) is 5.18. The van der Waals surface area contributed by atoms with E-state index in [1.807, 2.05) is 0 Å². The van der Waals surface area contributed by atoms with E-state index >= 15 is 0 Å². The van der Waals surface area contributed by atoms with Gasteiger partial charge in [-0.3, -0.25) is 4.90 Å². The maximum atomic E-state index is 13.0. The summed E-state index contributed by atoms with van der Waals surface area (Å²) < 4.78 is 18.7. The number of aliphatic hydroxyl groups is 1. The van der Waals surface area contributed by atoms with Crippen LogP contribution in [0.3, 0.4) is 0 Å². The van der Waals surface area contributed by atoms with Gasteiger partial charge in [-0.1, -0.05) is 12.1 Å². The van der Waals surface area contributed by atoms with Gasteiger partial charge in [-0.05, 0) is 54.8 Å². The van der Waals surface area contributed by atoms with E-state index < -0.39 is 5.60 Å². The lowest BCUT2D eigenvalue weighted by Gasteiger charge is -2.38. The molecule has 134 valence electrons. The summed E-state index contributed by atoms with van der Waals surface area (Å²) in [4.78, 5) is 2.28. The molecular weight excluding hydrogens is 321 g/mol. The average molecular weight is 345 g/mol. The molecular formula is C20H24FNO3. The number of halogens is 1. The van der Waals surface area contributed by atoms with Crippen molar-refractivity contribution in [2.75, 3.05) is 26.2 Å². The molecule has 3 rings (SSSR count). The zero-order valence-electron chi connectivity index (χ0n) is 14.2. The smallest absolute Gasteiger partial charge is 0.123 e. The highest BCUT2D eigenvalue weighted by atomic mass is 19.1. The Hall–Kier alpha value is -2.11. The summed E-state index contributed by atoms with van der Waals surface area (Å²) in [6, 6.07) is 13.1. The zero-order valence-corrected chi connectivity index (χ0v) is 14.2. The van der Waals surface area contributed by atoms with Gasteiger partial charge in [-0.25, -0.2) is 4.39 Å². The van der Waals surface area contributed by atoms with Crippen LogP contribution in [0.15, 0.2) is 48.5 Å². The molecule has 2 N–H and O–H groups in total. The molecule has 2 aromatic rings.